The summed E-state index contributed by atoms with van der Waals surface area (Å²) in [5.41, 5.74) is 3.83. The average Bonchev–Trinajstić information content (AvgIpc) is 2.71. The molecule has 0 aliphatic heterocycles. The lowest BCUT2D eigenvalue weighted by Crippen LogP contribution is -2.29. The Balaban J connectivity index is 1.51. The molecule has 0 amide bonds. The number of aromatic nitrogens is 3. The normalized spacial score (nSPS) is 11.3. The smallest absolute Gasteiger partial charge is 0.240 e. The number of hydrogen-bond donors (Lipinski definition) is 3. The molecule has 8 nitrogen and oxygen atoms in total. The number of pyridine rings is 1. The summed E-state index contributed by atoms with van der Waals surface area (Å²) in [6.45, 7) is 8.25. The first-order chi connectivity index (χ1) is 14.2. The van der Waals surface area contributed by atoms with Gasteiger partial charge >= 0.3 is 0 Å². The van der Waals surface area contributed by atoms with Crippen molar-refractivity contribution in [3.63, 3.8) is 0 Å². The molecule has 0 fully saturated rings. The van der Waals surface area contributed by atoms with Crippen molar-refractivity contribution in [2.75, 3.05) is 23.7 Å². The van der Waals surface area contributed by atoms with Gasteiger partial charge in [0.05, 0.1) is 4.90 Å². The fourth-order valence-corrected chi connectivity index (χ4v) is 4.18. The Bertz CT molecular complexity index is 1110. The number of rotatable bonds is 8. The molecule has 2 aromatic heterocycles. The first-order valence-electron chi connectivity index (χ1n) is 9.59. The van der Waals surface area contributed by atoms with Crippen LogP contribution >= 0.6 is 0 Å². The largest absolute Gasteiger partial charge is 0.367 e. The highest BCUT2D eigenvalue weighted by Crippen LogP contribution is 2.19. The molecule has 3 aromatic rings. The van der Waals surface area contributed by atoms with Gasteiger partial charge in [-0.15, -0.1) is 10.2 Å². The maximum Gasteiger partial charge on any atom is 0.240 e. The van der Waals surface area contributed by atoms with Crippen LogP contribution in [0.5, 0.6) is 0 Å². The van der Waals surface area contributed by atoms with Gasteiger partial charge in [0.25, 0.3) is 0 Å². The van der Waals surface area contributed by atoms with E-state index in [1.54, 1.807) is 31.3 Å². The molecule has 2 heterocycles. The first kappa shape index (κ1) is 21.7. The summed E-state index contributed by atoms with van der Waals surface area (Å²) in [6, 6.07) is 11.0. The molecule has 1 aromatic carbocycles. The molecule has 30 heavy (non-hydrogen) atoms. The number of benzene rings is 1. The van der Waals surface area contributed by atoms with Crippen molar-refractivity contribution in [1.82, 2.24) is 19.9 Å². The van der Waals surface area contributed by atoms with Gasteiger partial charge in [0, 0.05) is 19.3 Å². The van der Waals surface area contributed by atoms with E-state index in [1.165, 1.54) is 0 Å². The number of nitrogens with zero attached hydrogens (tertiary/aromatic N) is 3. The van der Waals surface area contributed by atoms with Crippen molar-refractivity contribution in [3.05, 3.63) is 64.8 Å². The molecule has 3 N–H and O–H groups in total. The predicted molar refractivity (Wildman–Crippen MR) is 119 cm³/mol. The summed E-state index contributed by atoms with van der Waals surface area (Å²) < 4.78 is 27.8. The SMILES string of the molecule is Cc1ccc(Nc2ccc(NCCNS(=O)(=O)c3cc(C)c(C)cc3C)nn2)nc1. The molecule has 0 aliphatic rings. The second-order valence-corrected chi connectivity index (χ2v) is 8.91. The van der Waals surface area contributed by atoms with Crippen LogP contribution in [0.25, 0.3) is 0 Å². The molecule has 0 saturated carbocycles. The highest BCUT2D eigenvalue weighted by atomic mass is 32.2. The number of hydrogen-bond acceptors (Lipinski definition) is 7. The average molecular weight is 427 g/mol. The van der Waals surface area contributed by atoms with E-state index in [0.29, 0.717) is 28.9 Å². The van der Waals surface area contributed by atoms with Gasteiger partial charge in [0.15, 0.2) is 5.82 Å². The predicted octanol–water partition coefficient (Wildman–Crippen LogP) is 3.24. The molecule has 0 atom stereocenters. The summed E-state index contributed by atoms with van der Waals surface area (Å²) in [5.74, 6) is 1.81. The van der Waals surface area contributed by atoms with Gasteiger partial charge in [-0.2, -0.15) is 0 Å². The van der Waals surface area contributed by atoms with Crippen molar-refractivity contribution in [1.29, 1.82) is 0 Å². The van der Waals surface area contributed by atoms with Gasteiger partial charge in [-0.05, 0) is 74.2 Å². The van der Waals surface area contributed by atoms with Crippen molar-refractivity contribution in [3.8, 4) is 0 Å². The van der Waals surface area contributed by atoms with E-state index in [-0.39, 0.29) is 6.54 Å². The van der Waals surface area contributed by atoms with Crippen LogP contribution in [-0.4, -0.2) is 36.7 Å². The number of aryl methyl sites for hydroxylation is 4. The molecule has 158 valence electrons. The van der Waals surface area contributed by atoms with Gasteiger partial charge in [-0.3, -0.25) is 0 Å². The summed E-state index contributed by atoms with van der Waals surface area (Å²) in [7, 11) is -3.57. The fourth-order valence-electron chi connectivity index (χ4n) is 2.84. The lowest BCUT2D eigenvalue weighted by Gasteiger charge is -2.12. The maximum absolute atomic E-state index is 12.6. The Morgan fingerprint density at radius 3 is 2.13 bits per heavy atom. The first-order valence-corrected chi connectivity index (χ1v) is 11.1. The summed E-state index contributed by atoms with van der Waals surface area (Å²) in [5, 5.41) is 14.3. The van der Waals surface area contributed by atoms with Gasteiger partial charge < -0.3 is 10.6 Å². The number of anilines is 3. The van der Waals surface area contributed by atoms with Crippen LogP contribution in [0, 0.1) is 27.7 Å². The Morgan fingerprint density at radius 1 is 0.800 bits per heavy atom. The third kappa shape index (κ3) is 5.52. The molecule has 0 spiro atoms. The molecule has 3 rings (SSSR count). The molecule has 0 unspecified atom stereocenters. The van der Waals surface area contributed by atoms with Crippen LogP contribution in [0.15, 0.2) is 47.5 Å². The zero-order valence-corrected chi connectivity index (χ0v) is 18.3. The monoisotopic (exact) mass is 426 g/mol. The topological polar surface area (TPSA) is 109 Å². The highest BCUT2D eigenvalue weighted by molar-refractivity contribution is 7.89. The second-order valence-electron chi connectivity index (χ2n) is 7.18. The fraction of sp³-hybridized carbons (Fsp3) is 0.286. The van der Waals surface area contributed by atoms with Gasteiger partial charge in [0.1, 0.15) is 11.6 Å². The molecule has 0 saturated heterocycles. The Hall–Kier alpha value is -3.04. The van der Waals surface area contributed by atoms with E-state index in [2.05, 4.69) is 30.5 Å². The Labute approximate surface area is 177 Å². The van der Waals surface area contributed by atoms with Crippen molar-refractivity contribution >= 4 is 27.5 Å². The van der Waals surface area contributed by atoms with Gasteiger partial charge in [-0.25, -0.2) is 18.1 Å². The minimum absolute atomic E-state index is 0.226. The third-order valence-corrected chi connectivity index (χ3v) is 6.24. The summed E-state index contributed by atoms with van der Waals surface area (Å²) in [6.07, 6.45) is 1.77. The van der Waals surface area contributed by atoms with Crippen LogP contribution in [-0.2, 0) is 10.0 Å². The minimum Gasteiger partial charge on any atom is -0.367 e. The Morgan fingerprint density at radius 2 is 1.47 bits per heavy atom. The molecule has 0 bridgehead atoms. The van der Waals surface area contributed by atoms with Crippen molar-refractivity contribution in [2.24, 2.45) is 0 Å². The van der Waals surface area contributed by atoms with Crippen LogP contribution in [0.4, 0.5) is 17.5 Å². The van der Waals surface area contributed by atoms with Crippen molar-refractivity contribution in [2.45, 2.75) is 32.6 Å². The number of nitrogens with one attached hydrogen (secondary N) is 3. The van der Waals surface area contributed by atoms with E-state index >= 15 is 0 Å². The summed E-state index contributed by atoms with van der Waals surface area (Å²) in [4.78, 5) is 4.57. The third-order valence-electron chi connectivity index (χ3n) is 4.64. The molecular formula is C21H26N6O2S. The van der Waals surface area contributed by atoms with E-state index in [0.717, 1.165) is 22.3 Å². The lowest BCUT2D eigenvalue weighted by atomic mass is 10.1. The molecule has 9 heteroatoms. The second kappa shape index (κ2) is 9.19. The van der Waals surface area contributed by atoms with Gasteiger partial charge in [0.2, 0.25) is 10.0 Å². The molecular weight excluding hydrogens is 400 g/mol. The maximum atomic E-state index is 12.6. The molecule has 0 aliphatic carbocycles. The minimum atomic E-state index is -3.57. The van der Waals surface area contributed by atoms with E-state index in [9.17, 15) is 8.42 Å². The zero-order chi connectivity index (χ0) is 21.7. The Kier molecular flexibility index (Phi) is 6.63. The van der Waals surface area contributed by atoms with Crippen LogP contribution < -0.4 is 15.4 Å². The summed E-state index contributed by atoms with van der Waals surface area (Å²) >= 11 is 0. The lowest BCUT2D eigenvalue weighted by molar-refractivity contribution is 0.582. The van der Waals surface area contributed by atoms with E-state index in [4.69, 9.17) is 0 Å². The highest BCUT2D eigenvalue weighted by Gasteiger charge is 2.17. The number of sulfonamides is 1. The van der Waals surface area contributed by atoms with Crippen LogP contribution in [0.2, 0.25) is 0 Å². The van der Waals surface area contributed by atoms with E-state index in [1.807, 2.05) is 39.0 Å². The zero-order valence-electron chi connectivity index (χ0n) is 17.5. The quantitative estimate of drug-likeness (QED) is 0.475. The van der Waals surface area contributed by atoms with Crippen LogP contribution in [0.3, 0.4) is 0 Å². The standard InChI is InChI=1S/C21H26N6O2S/c1-14-5-6-19(23-13-14)25-21-8-7-20(26-27-21)22-9-10-24-30(28,29)18-12-16(3)15(2)11-17(18)4/h5-8,11-13,24H,9-10H2,1-4H3,(H,22,26)(H,23,25,27). The van der Waals surface area contributed by atoms with E-state index < -0.39 is 10.0 Å². The molecule has 0 radical (unpaired) electrons. The van der Waals surface area contributed by atoms with Crippen LogP contribution in [0.1, 0.15) is 22.3 Å². The van der Waals surface area contributed by atoms with Gasteiger partial charge in [-0.1, -0.05) is 12.1 Å². The van der Waals surface area contributed by atoms with Crippen molar-refractivity contribution < 1.29 is 8.42 Å².